The first-order valence-electron chi connectivity index (χ1n) is 8.95. The predicted octanol–water partition coefficient (Wildman–Crippen LogP) is 2.29. The summed E-state index contributed by atoms with van der Waals surface area (Å²) < 4.78 is 54.9. The molecule has 1 N–H and O–H groups in total. The van der Waals surface area contributed by atoms with Crippen LogP contribution >= 0.6 is 11.6 Å². The summed E-state index contributed by atoms with van der Waals surface area (Å²) in [7, 11) is -3.70. The molecular formula is C18H21ClF2N2O3S. The van der Waals surface area contributed by atoms with E-state index in [1.54, 1.807) is 6.07 Å². The lowest BCUT2D eigenvalue weighted by molar-refractivity contribution is -0.178. The van der Waals surface area contributed by atoms with Gasteiger partial charge in [0.1, 0.15) is 12.0 Å². The van der Waals surface area contributed by atoms with E-state index in [1.165, 1.54) is 17.0 Å². The van der Waals surface area contributed by atoms with Gasteiger partial charge in [0.05, 0.1) is 35.3 Å². The second-order valence-electron chi connectivity index (χ2n) is 8.13. The van der Waals surface area contributed by atoms with Gasteiger partial charge < -0.3 is 4.90 Å². The van der Waals surface area contributed by atoms with Gasteiger partial charge in [0.2, 0.25) is 15.9 Å². The maximum Gasteiger partial charge on any atom is 0.229 e. The number of sulfonamides is 1. The maximum absolute atomic E-state index is 14.7. The number of alkyl halides is 1. The number of halogens is 3. The second kappa shape index (κ2) is 6.39. The van der Waals surface area contributed by atoms with Crippen molar-refractivity contribution >= 4 is 27.5 Å². The summed E-state index contributed by atoms with van der Waals surface area (Å²) in [6.45, 7) is -0.189. The average molecular weight is 419 g/mol. The van der Waals surface area contributed by atoms with Gasteiger partial charge in [0.25, 0.3) is 0 Å². The van der Waals surface area contributed by atoms with Gasteiger partial charge in [-0.3, -0.25) is 4.79 Å². The zero-order chi connectivity index (χ0) is 19.6. The monoisotopic (exact) mass is 418 g/mol. The first-order chi connectivity index (χ1) is 12.6. The number of likely N-dealkylation sites (tertiary alicyclic amines) is 1. The fourth-order valence-electron chi connectivity index (χ4n) is 4.72. The summed E-state index contributed by atoms with van der Waals surface area (Å²) in [6.07, 6.45) is 1.81. The number of carbonyl (C=O) groups excluding carboxylic acids is 1. The lowest BCUT2D eigenvalue weighted by atomic mass is 9.44. The van der Waals surface area contributed by atoms with Crippen molar-refractivity contribution < 1.29 is 22.0 Å². The zero-order valence-corrected chi connectivity index (χ0v) is 16.4. The summed E-state index contributed by atoms with van der Waals surface area (Å²) in [5, 5.41) is -0.0628. The number of benzene rings is 1. The van der Waals surface area contributed by atoms with Crippen LogP contribution in [0.15, 0.2) is 18.2 Å². The lowest BCUT2D eigenvalue weighted by Crippen LogP contribution is -2.62. The van der Waals surface area contributed by atoms with E-state index in [0.717, 1.165) is 25.5 Å². The molecule has 0 aromatic heterocycles. The molecule has 3 saturated carbocycles. The molecule has 5 rings (SSSR count). The van der Waals surface area contributed by atoms with Crippen LogP contribution in [-0.4, -0.2) is 50.3 Å². The Bertz CT molecular complexity index is 878. The van der Waals surface area contributed by atoms with Crippen molar-refractivity contribution in [1.82, 2.24) is 9.62 Å². The van der Waals surface area contributed by atoms with E-state index in [-0.39, 0.29) is 29.5 Å². The third-order valence-electron chi connectivity index (χ3n) is 6.14. The zero-order valence-electron chi connectivity index (χ0n) is 14.8. The smallest absolute Gasteiger partial charge is 0.229 e. The summed E-state index contributed by atoms with van der Waals surface area (Å²) in [4.78, 5) is 14.5. The molecule has 2 bridgehead atoms. The van der Waals surface area contributed by atoms with E-state index in [0.29, 0.717) is 5.92 Å². The van der Waals surface area contributed by atoms with Gasteiger partial charge in [0.15, 0.2) is 0 Å². The lowest BCUT2D eigenvalue weighted by Gasteiger charge is -2.61. The largest absolute Gasteiger partial charge is 0.334 e. The van der Waals surface area contributed by atoms with Crippen molar-refractivity contribution in [3.8, 4) is 0 Å². The Kier molecular flexibility index (Phi) is 4.51. The molecule has 4 aliphatic rings. The molecule has 9 heteroatoms. The third kappa shape index (κ3) is 3.25. The molecule has 1 aromatic rings. The normalized spacial score (nSPS) is 34.9. The van der Waals surface area contributed by atoms with Crippen molar-refractivity contribution in [2.24, 2.45) is 11.3 Å². The highest BCUT2D eigenvalue weighted by Gasteiger charge is 2.64. The van der Waals surface area contributed by atoms with Crippen molar-refractivity contribution in [2.75, 3.05) is 12.8 Å². The number of carbonyl (C=O) groups is 1. The fraction of sp³-hybridized carbons (Fsp3) is 0.611. The molecular weight excluding hydrogens is 398 g/mol. The Hall–Kier alpha value is -1.25. The SMILES string of the molecule is CS(=O)(=O)N[C@H]1[C@@H](F)CN(C(=O)C23CC(C2)C3)[C@H]1Cc1cccc(Cl)c1F. The molecule has 0 spiro atoms. The minimum atomic E-state index is -3.70. The van der Waals surface area contributed by atoms with Crippen molar-refractivity contribution in [1.29, 1.82) is 0 Å². The van der Waals surface area contributed by atoms with Crippen LogP contribution in [0.1, 0.15) is 24.8 Å². The van der Waals surface area contributed by atoms with Crippen LogP contribution in [0.4, 0.5) is 8.78 Å². The van der Waals surface area contributed by atoms with Crippen molar-refractivity contribution in [3.63, 3.8) is 0 Å². The third-order valence-corrected chi connectivity index (χ3v) is 7.13. The molecule has 27 heavy (non-hydrogen) atoms. The van der Waals surface area contributed by atoms with Crippen LogP contribution in [0.3, 0.4) is 0 Å². The number of hydrogen-bond acceptors (Lipinski definition) is 3. The van der Waals surface area contributed by atoms with Gasteiger partial charge in [-0.25, -0.2) is 21.9 Å². The molecule has 5 nitrogen and oxygen atoms in total. The minimum Gasteiger partial charge on any atom is -0.334 e. The Balaban J connectivity index is 1.65. The standard InChI is InChI=1S/C18H21ClF2N2O3S/c1-27(25,26)22-16-13(20)9-23(17(24)18-6-10(7-18)8-18)14(16)5-11-3-2-4-12(19)15(11)21/h2-4,10,13-14,16,22H,5-9H2,1H3/t10?,13-,14-,16-,18?/m0/s1. The van der Waals surface area contributed by atoms with Gasteiger partial charge in [-0.2, -0.15) is 0 Å². The molecule has 0 unspecified atom stereocenters. The summed E-state index contributed by atoms with van der Waals surface area (Å²) in [5.74, 6) is -0.193. The number of nitrogens with one attached hydrogen (secondary N) is 1. The first kappa shape index (κ1) is 19.1. The van der Waals surface area contributed by atoms with Crippen LogP contribution in [-0.2, 0) is 21.2 Å². The van der Waals surface area contributed by atoms with Crippen LogP contribution in [0.5, 0.6) is 0 Å². The van der Waals surface area contributed by atoms with Gasteiger partial charge in [-0.1, -0.05) is 23.7 Å². The molecule has 0 radical (unpaired) electrons. The fourth-order valence-corrected chi connectivity index (χ4v) is 5.71. The van der Waals surface area contributed by atoms with Gasteiger partial charge >= 0.3 is 0 Å². The van der Waals surface area contributed by atoms with Gasteiger partial charge in [-0.05, 0) is 43.2 Å². The highest BCUT2D eigenvalue weighted by molar-refractivity contribution is 7.88. The summed E-state index contributed by atoms with van der Waals surface area (Å²) in [6, 6.07) is 2.59. The van der Waals surface area contributed by atoms with E-state index in [4.69, 9.17) is 11.6 Å². The number of nitrogens with zero attached hydrogens (tertiary/aromatic N) is 1. The summed E-state index contributed by atoms with van der Waals surface area (Å²) in [5.41, 5.74) is -0.188. The van der Waals surface area contributed by atoms with Crippen LogP contribution in [0.2, 0.25) is 5.02 Å². The molecule has 148 valence electrons. The second-order valence-corrected chi connectivity index (χ2v) is 10.3. The first-order valence-corrected chi connectivity index (χ1v) is 11.2. The molecule has 1 aromatic carbocycles. The number of amides is 1. The van der Waals surface area contributed by atoms with Crippen LogP contribution < -0.4 is 4.72 Å². The molecule has 4 fully saturated rings. The van der Waals surface area contributed by atoms with Crippen LogP contribution in [0.25, 0.3) is 0 Å². The Morgan fingerprint density at radius 2 is 2.04 bits per heavy atom. The van der Waals surface area contributed by atoms with E-state index in [2.05, 4.69) is 4.72 Å². The van der Waals surface area contributed by atoms with Crippen molar-refractivity contribution in [3.05, 3.63) is 34.6 Å². The Labute approximate surface area is 162 Å². The molecule has 3 atom stereocenters. The summed E-state index contributed by atoms with van der Waals surface area (Å²) >= 11 is 5.84. The van der Waals surface area contributed by atoms with E-state index >= 15 is 0 Å². The highest BCUT2D eigenvalue weighted by Crippen LogP contribution is 2.65. The van der Waals surface area contributed by atoms with Gasteiger partial charge in [0, 0.05) is 0 Å². The molecule has 1 saturated heterocycles. The topological polar surface area (TPSA) is 66.5 Å². The number of rotatable bonds is 5. The molecule has 1 amide bonds. The van der Waals surface area contributed by atoms with E-state index in [1.807, 2.05) is 0 Å². The quantitative estimate of drug-likeness (QED) is 0.797. The Morgan fingerprint density at radius 1 is 1.37 bits per heavy atom. The maximum atomic E-state index is 14.7. The number of hydrogen-bond donors (Lipinski definition) is 1. The van der Waals surface area contributed by atoms with Gasteiger partial charge in [-0.15, -0.1) is 0 Å². The predicted molar refractivity (Wildman–Crippen MR) is 97.1 cm³/mol. The van der Waals surface area contributed by atoms with E-state index in [9.17, 15) is 22.0 Å². The average Bonchev–Trinajstić information content (AvgIpc) is 2.76. The molecule has 1 aliphatic heterocycles. The molecule has 3 aliphatic carbocycles. The van der Waals surface area contributed by atoms with E-state index < -0.39 is 39.5 Å². The minimum absolute atomic E-state index is 0.00868. The molecule has 1 heterocycles. The van der Waals surface area contributed by atoms with Crippen LogP contribution in [0, 0.1) is 17.2 Å². The highest BCUT2D eigenvalue weighted by atomic mass is 35.5. The Morgan fingerprint density at radius 3 is 2.59 bits per heavy atom. The van der Waals surface area contributed by atoms with Crippen molar-refractivity contribution in [2.45, 2.75) is 43.9 Å².